The monoisotopic (exact) mass is 495 g/mol. The maximum Gasteiger partial charge on any atom is 0.416 e. The van der Waals surface area contributed by atoms with Crippen LogP contribution >= 0.6 is 0 Å². The third-order valence-corrected chi connectivity index (χ3v) is 5.58. The van der Waals surface area contributed by atoms with Crippen LogP contribution in [0.4, 0.5) is 13.2 Å². The molecule has 0 saturated heterocycles. The predicted octanol–water partition coefficient (Wildman–Crippen LogP) is 3.95. The molecule has 4 aromatic rings. The molecule has 0 radical (unpaired) electrons. The van der Waals surface area contributed by atoms with E-state index in [1.54, 1.807) is 37.3 Å². The van der Waals surface area contributed by atoms with Crippen molar-refractivity contribution in [2.24, 2.45) is 0 Å². The van der Waals surface area contributed by atoms with Gasteiger partial charge in [-0.3, -0.25) is 13.9 Å². The molecule has 184 valence electrons. The van der Waals surface area contributed by atoms with Crippen molar-refractivity contribution in [3.05, 3.63) is 99.0 Å². The summed E-state index contributed by atoms with van der Waals surface area (Å²) in [5.41, 5.74) is -1.12. The van der Waals surface area contributed by atoms with E-state index in [1.165, 1.54) is 36.3 Å². The van der Waals surface area contributed by atoms with Gasteiger partial charge in [0.2, 0.25) is 0 Å². The Morgan fingerprint density at radius 1 is 1.08 bits per heavy atom. The lowest BCUT2D eigenvalue weighted by atomic mass is 10.1. The van der Waals surface area contributed by atoms with Gasteiger partial charge in [-0.05, 0) is 55.5 Å². The van der Waals surface area contributed by atoms with Crippen molar-refractivity contribution in [2.45, 2.75) is 19.1 Å². The van der Waals surface area contributed by atoms with Gasteiger partial charge in [0.1, 0.15) is 0 Å². The van der Waals surface area contributed by atoms with Crippen LogP contribution in [0.1, 0.15) is 24.1 Å². The molecule has 0 aliphatic heterocycles. The Labute approximate surface area is 203 Å². The molecule has 0 bridgehead atoms. The third kappa shape index (κ3) is 4.58. The average molecular weight is 495 g/mol. The van der Waals surface area contributed by atoms with Crippen molar-refractivity contribution >= 4 is 0 Å². The predicted molar refractivity (Wildman–Crippen MR) is 125 cm³/mol. The molecule has 0 spiro atoms. The summed E-state index contributed by atoms with van der Waals surface area (Å²) >= 11 is 0. The minimum absolute atomic E-state index is 0.0239. The highest BCUT2D eigenvalue weighted by Crippen LogP contribution is 2.30. The maximum atomic E-state index is 13.5. The van der Waals surface area contributed by atoms with Crippen molar-refractivity contribution in [1.29, 1.82) is 5.26 Å². The molecule has 0 aliphatic rings. The number of halogens is 3. The van der Waals surface area contributed by atoms with Crippen LogP contribution < -0.4 is 11.2 Å². The summed E-state index contributed by atoms with van der Waals surface area (Å²) in [7, 11) is 1.41. The number of benzene rings is 2. The molecule has 0 N–H and O–H groups in total. The van der Waals surface area contributed by atoms with Gasteiger partial charge < -0.3 is 4.74 Å². The molecule has 2 aromatic heterocycles. The van der Waals surface area contributed by atoms with Gasteiger partial charge in [0.15, 0.2) is 0 Å². The normalized spacial score (nSPS) is 12.3. The van der Waals surface area contributed by atoms with Crippen molar-refractivity contribution < 1.29 is 17.9 Å². The summed E-state index contributed by atoms with van der Waals surface area (Å²) in [5, 5.41) is 13.3. The van der Waals surface area contributed by atoms with Crippen molar-refractivity contribution in [3.63, 3.8) is 0 Å². The minimum Gasteiger partial charge on any atom is -0.383 e. The van der Waals surface area contributed by atoms with Crippen molar-refractivity contribution in [2.75, 3.05) is 13.7 Å². The van der Waals surface area contributed by atoms with Crippen LogP contribution in [0, 0.1) is 11.3 Å². The van der Waals surface area contributed by atoms with E-state index >= 15 is 0 Å². The molecular formula is C25H20F3N5O3. The lowest BCUT2D eigenvalue weighted by Crippen LogP contribution is -2.42. The highest BCUT2D eigenvalue weighted by atomic mass is 19.4. The van der Waals surface area contributed by atoms with Crippen molar-refractivity contribution in [3.8, 4) is 28.7 Å². The average Bonchev–Trinajstić information content (AvgIpc) is 3.34. The number of hydrogen-bond acceptors (Lipinski definition) is 5. The number of ether oxygens (including phenoxy) is 1. The Morgan fingerprint density at radius 2 is 1.81 bits per heavy atom. The molecule has 2 heterocycles. The largest absolute Gasteiger partial charge is 0.416 e. The molecule has 36 heavy (non-hydrogen) atoms. The SMILES string of the molecule is COC[C@@H](C)n1c(=O)c(-c2ccnn2-c2ccc(C#N)cc2)cn(-c2cccc(C(F)(F)F)c2)c1=O. The van der Waals surface area contributed by atoms with E-state index in [4.69, 9.17) is 10.00 Å². The van der Waals surface area contributed by atoms with E-state index in [-0.39, 0.29) is 17.9 Å². The van der Waals surface area contributed by atoms with E-state index in [1.807, 2.05) is 6.07 Å². The van der Waals surface area contributed by atoms with Crippen LogP contribution in [0.25, 0.3) is 22.6 Å². The second kappa shape index (κ2) is 9.67. The van der Waals surface area contributed by atoms with E-state index in [9.17, 15) is 22.8 Å². The van der Waals surface area contributed by atoms with E-state index in [0.717, 1.165) is 21.3 Å². The van der Waals surface area contributed by atoms with Crippen LogP contribution in [-0.4, -0.2) is 32.6 Å². The number of nitrogens with zero attached hydrogens (tertiary/aromatic N) is 5. The van der Waals surface area contributed by atoms with Crippen LogP contribution in [0.2, 0.25) is 0 Å². The number of alkyl halides is 3. The van der Waals surface area contributed by atoms with Gasteiger partial charge >= 0.3 is 11.9 Å². The van der Waals surface area contributed by atoms with Crippen LogP contribution in [0.15, 0.2) is 76.6 Å². The summed E-state index contributed by atoms with van der Waals surface area (Å²) in [4.78, 5) is 26.9. The fraction of sp³-hybridized carbons (Fsp3) is 0.200. The smallest absolute Gasteiger partial charge is 0.383 e. The second-order valence-electron chi connectivity index (χ2n) is 8.01. The first kappa shape index (κ1) is 24.7. The summed E-state index contributed by atoms with van der Waals surface area (Å²) < 4.78 is 48.6. The molecule has 0 saturated carbocycles. The Kier molecular flexibility index (Phi) is 6.63. The maximum absolute atomic E-state index is 13.5. The van der Waals surface area contributed by atoms with E-state index in [2.05, 4.69) is 5.10 Å². The van der Waals surface area contributed by atoms with Crippen LogP contribution in [0.5, 0.6) is 0 Å². The van der Waals surface area contributed by atoms with Gasteiger partial charge in [0.05, 0.1) is 58.7 Å². The Morgan fingerprint density at radius 3 is 2.44 bits per heavy atom. The van der Waals surface area contributed by atoms with Crippen molar-refractivity contribution in [1.82, 2.24) is 18.9 Å². The van der Waals surface area contributed by atoms with Crippen LogP contribution in [0.3, 0.4) is 0 Å². The highest BCUT2D eigenvalue weighted by molar-refractivity contribution is 5.61. The Balaban J connectivity index is 1.99. The van der Waals surface area contributed by atoms with Crippen LogP contribution in [-0.2, 0) is 10.9 Å². The second-order valence-corrected chi connectivity index (χ2v) is 8.01. The minimum atomic E-state index is -4.62. The number of aromatic nitrogens is 4. The van der Waals surface area contributed by atoms with E-state index < -0.39 is 29.0 Å². The molecule has 0 aliphatic carbocycles. The third-order valence-electron chi connectivity index (χ3n) is 5.58. The number of rotatable bonds is 6. The molecule has 0 amide bonds. The topological polar surface area (TPSA) is 94.8 Å². The van der Waals surface area contributed by atoms with Gasteiger partial charge in [-0.25, -0.2) is 9.48 Å². The summed E-state index contributed by atoms with van der Waals surface area (Å²) in [6, 6.07) is 13.6. The first-order chi connectivity index (χ1) is 17.2. The zero-order valence-electron chi connectivity index (χ0n) is 19.2. The first-order valence-corrected chi connectivity index (χ1v) is 10.8. The fourth-order valence-corrected chi connectivity index (χ4v) is 3.86. The summed E-state index contributed by atoms with van der Waals surface area (Å²) in [6.07, 6.45) is -1.95. The van der Waals surface area contributed by atoms with E-state index in [0.29, 0.717) is 16.9 Å². The summed E-state index contributed by atoms with van der Waals surface area (Å²) in [6.45, 7) is 1.63. The lowest BCUT2D eigenvalue weighted by molar-refractivity contribution is -0.137. The molecule has 2 aromatic carbocycles. The first-order valence-electron chi connectivity index (χ1n) is 10.8. The zero-order valence-corrected chi connectivity index (χ0v) is 19.2. The molecule has 0 unspecified atom stereocenters. The quantitative estimate of drug-likeness (QED) is 0.404. The molecule has 4 rings (SSSR count). The standard InChI is InChI=1S/C25H20F3N5O3/c1-16(15-36-2)32-23(34)21(22-10-11-30-33(22)19-8-6-17(13-29)7-9-19)14-31(24(32)35)20-5-3-4-18(12-20)25(26,27)28/h3-12,14,16H,15H2,1-2H3/t16-/m1/s1. The lowest BCUT2D eigenvalue weighted by Gasteiger charge is -2.19. The molecule has 1 atom stereocenters. The van der Waals surface area contributed by atoms with Gasteiger partial charge in [-0.2, -0.15) is 23.5 Å². The molecular weight excluding hydrogens is 475 g/mol. The van der Waals surface area contributed by atoms with Gasteiger partial charge in [0.25, 0.3) is 5.56 Å². The van der Waals surface area contributed by atoms with Gasteiger partial charge in [-0.1, -0.05) is 6.07 Å². The zero-order chi connectivity index (χ0) is 26.0. The molecule has 8 nitrogen and oxygen atoms in total. The van der Waals surface area contributed by atoms with Gasteiger partial charge in [-0.15, -0.1) is 0 Å². The Bertz CT molecular complexity index is 1560. The number of methoxy groups -OCH3 is 1. The Hall–Kier alpha value is -4.43. The van der Waals surface area contributed by atoms with Gasteiger partial charge in [0, 0.05) is 13.3 Å². The summed E-state index contributed by atoms with van der Waals surface area (Å²) in [5.74, 6) is 0. The fourth-order valence-electron chi connectivity index (χ4n) is 3.86. The molecule has 0 fully saturated rings. The number of hydrogen-bond donors (Lipinski definition) is 0. The number of nitriles is 1. The highest BCUT2D eigenvalue weighted by Gasteiger charge is 2.31. The molecule has 11 heteroatoms.